The average Bonchev–Trinajstić information content (AvgIpc) is 3.07. The lowest BCUT2D eigenvalue weighted by Gasteiger charge is -2.40. The molecule has 0 N–H and O–H groups in total. The molecule has 1 saturated carbocycles. The van der Waals surface area contributed by atoms with E-state index >= 15 is 0 Å². The molecule has 2 aromatic carbocycles. The molecule has 0 radical (unpaired) electrons. The van der Waals surface area contributed by atoms with Crippen LogP contribution in [0.1, 0.15) is 42.4 Å². The van der Waals surface area contributed by atoms with E-state index in [2.05, 4.69) is 43.3 Å². The van der Waals surface area contributed by atoms with Crippen molar-refractivity contribution in [3.8, 4) is 0 Å². The van der Waals surface area contributed by atoms with Crippen LogP contribution in [0.15, 0.2) is 42.0 Å². The van der Waals surface area contributed by atoms with E-state index < -0.39 is 0 Å². The molecule has 0 aromatic heterocycles. The highest BCUT2D eigenvalue weighted by atomic mass is 14.5. The zero-order valence-corrected chi connectivity index (χ0v) is 12.8. The quantitative estimate of drug-likeness (QED) is 0.567. The molecule has 0 heterocycles. The van der Waals surface area contributed by atoms with E-state index in [9.17, 15) is 0 Å². The Bertz CT molecular complexity index is 780. The van der Waals surface area contributed by atoms with Gasteiger partial charge in [0.15, 0.2) is 0 Å². The first kappa shape index (κ1) is 12.0. The number of fused-ring (bicyclic) bond motifs is 5. The second-order valence-corrected chi connectivity index (χ2v) is 7.63. The molecule has 3 aliphatic carbocycles. The van der Waals surface area contributed by atoms with E-state index in [0.29, 0.717) is 5.41 Å². The molecule has 0 amide bonds. The van der Waals surface area contributed by atoms with Crippen LogP contribution in [-0.2, 0) is 12.8 Å². The van der Waals surface area contributed by atoms with Gasteiger partial charge in [0.1, 0.15) is 0 Å². The molecule has 2 aromatic rings. The molecule has 0 nitrogen and oxygen atoms in total. The normalized spacial score (nSPS) is 30.0. The molecule has 1 fully saturated rings. The lowest BCUT2D eigenvalue weighted by molar-refractivity contribution is 0.169. The van der Waals surface area contributed by atoms with Gasteiger partial charge >= 0.3 is 0 Å². The first-order chi connectivity index (χ1) is 10.2. The minimum atomic E-state index is 0.620. The van der Waals surface area contributed by atoms with Crippen molar-refractivity contribution in [1.29, 1.82) is 0 Å². The summed E-state index contributed by atoms with van der Waals surface area (Å²) in [5.41, 5.74) is 7.07. The Morgan fingerprint density at radius 1 is 1.10 bits per heavy atom. The van der Waals surface area contributed by atoms with Gasteiger partial charge in [-0.25, -0.2) is 0 Å². The smallest absolute Gasteiger partial charge is 0.0152 e. The van der Waals surface area contributed by atoms with Gasteiger partial charge in [0, 0.05) is 0 Å². The number of hydrogen-bond acceptors (Lipinski definition) is 0. The fourth-order valence-electron chi connectivity index (χ4n) is 5.32. The third kappa shape index (κ3) is 1.62. The zero-order valence-electron chi connectivity index (χ0n) is 12.8. The molecule has 5 rings (SSSR count). The van der Waals surface area contributed by atoms with Crippen LogP contribution in [-0.4, -0.2) is 0 Å². The van der Waals surface area contributed by atoms with Crippen LogP contribution in [0.2, 0.25) is 0 Å². The molecular formula is C21H22. The minimum Gasteiger partial charge on any atom is -0.0850 e. The van der Waals surface area contributed by atoms with Crippen LogP contribution in [0.4, 0.5) is 0 Å². The molecular weight excluding hydrogens is 252 g/mol. The Hall–Kier alpha value is -1.56. The topological polar surface area (TPSA) is 0 Å². The highest BCUT2D eigenvalue weighted by Crippen LogP contribution is 2.58. The standard InChI is InChI=1S/C21H22/c1-14-3-2-4-17-10-18-13-21(8-7-16(18)11-20(14)17)12-15-5-6-19(21)9-15/h2-5,10-11,19H,6-9,12-13H2,1H3. The molecule has 106 valence electrons. The first-order valence-corrected chi connectivity index (χ1v) is 8.43. The van der Waals surface area contributed by atoms with Gasteiger partial charge in [0.05, 0.1) is 0 Å². The van der Waals surface area contributed by atoms with Gasteiger partial charge < -0.3 is 0 Å². The van der Waals surface area contributed by atoms with Crippen molar-refractivity contribution in [2.45, 2.75) is 45.4 Å². The van der Waals surface area contributed by atoms with E-state index in [1.54, 1.807) is 16.7 Å². The summed E-state index contributed by atoms with van der Waals surface area (Å²) < 4.78 is 0. The summed E-state index contributed by atoms with van der Waals surface area (Å²) in [6.07, 6.45) is 10.7. The molecule has 2 unspecified atom stereocenters. The molecule has 3 aliphatic rings. The van der Waals surface area contributed by atoms with Crippen LogP contribution in [0.3, 0.4) is 0 Å². The number of allylic oxidation sites excluding steroid dienone is 2. The highest BCUT2D eigenvalue weighted by molar-refractivity contribution is 5.87. The number of hydrogen-bond donors (Lipinski definition) is 0. The fourth-order valence-corrected chi connectivity index (χ4v) is 5.32. The van der Waals surface area contributed by atoms with Crippen LogP contribution in [0.5, 0.6) is 0 Å². The highest BCUT2D eigenvalue weighted by Gasteiger charge is 2.48. The lowest BCUT2D eigenvalue weighted by Crippen LogP contribution is -2.33. The summed E-state index contributed by atoms with van der Waals surface area (Å²) in [5.74, 6) is 0.953. The van der Waals surface area contributed by atoms with Gasteiger partial charge in [-0.2, -0.15) is 0 Å². The molecule has 2 bridgehead atoms. The van der Waals surface area contributed by atoms with Crippen molar-refractivity contribution in [3.05, 3.63) is 58.7 Å². The van der Waals surface area contributed by atoms with Gasteiger partial charge in [-0.15, -0.1) is 0 Å². The maximum Gasteiger partial charge on any atom is -0.0152 e. The van der Waals surface area contributed by atoms with Crippen LogP contribution < -0.4 is 0 Å². The minimum absolute atomic E-state index is 0.620. The van der Waals surface area contributed by atoms with Crippen molar-refractivity contribution in [2.24, 2.45) is 11.3 Å². The second-order valence-electron chi connectivity index (χ2n) is 7.63. The van der Waals surface area contributed by atoms with Crippen molar-refractivity contribution in [1.82, 2.24) is 0 Å². The Labute approximate surface area is 126 Å². The van der Waals surface area contributed by atoms with Crippen molar-refractivity contribution in [2.75, 3.05) is 0 Å². The molecule has 2 atom stereocenters. The maximum absolute atomic E-state index is 2.52. The maximum atomic E-state index is 2.52. The number of benzene rings is 2. The van der Waals surface area contributed by atoms with Crippen LogP contribution in [0.25, 0.3) is 10.8 Å². The summed E-state index contributed by atoms with van der Waals surface area (Å²) >= 11 is 0. The SMILES string of the molecule is Cc1cccc2cc3c(cc12)CCC1(CC2=CCC1C2)C3. The Kier molecular flexibility index (Phi) is 2.29. The predicted octanol–water partition coefficient (Wildman–Crippen LogP) is 5.36. The molecule has 21 heavy (non-hydrogen) atoms. The molecule has 0 aliphatic heterocycles. The second kappa shape index (κ2) is 4.00. The fraction of sp³-hybridized carbons (Fsp3) is 0.429. The van der Waals surface area contributed by atoms with E-state index in [0.717, 1.165) is 5.92 Å². The summed E-state index contributed by atoms with van der Waals surface area (Å²) in [7, 11) is 0. The van der Waals surface area contributed by atoms with Gasteiger partial charge in [-0.1, -0.05) is 42.0 Å². The first-order valence-electron chi connectivity index (χ1n) is 8.43. The molecule has 0 heteroatoms. The van der Waals surface area contributed by atoms with E-state index in [1.807, 2.05) is 0 Å². The van der Waals surface area contributed by atoms with E-state index in [1.165, 1.54) is 54.9 Å². The monoisotopic (exact) mass is 274 g/mol. The van der Waals surface area contributed by atoms with Crippen LogP contribution in [0, 0.1) is 18.3 Å². The summed E-state index contributed by atoms with van der Waals surface area (Å²) in [4.78, 5) is 0. The van der Waals surface area contributed by atoms with Crippen molar-refractivity contribution < 1.29 is 0 Å². The van der Waals surface area contributed by atoms with Crippen molar-refractivity contribution >= 4 is 10.8 Å². The van der Waals surface area contributed by atoms with Crippen molar-refractivity contribution in [3.63, 3.8) is 0 Å². The molecule has 0 saturated heterocycles. The lowest BCUT2D eigenvalue weighted by atomic mass is 9.64. The Morgan fingerprint density at radius 2 is 2.05 bits per heavy atom. The van der Waals surface area contributed by atoms with Gasteiger partial charge in [0.25, 0.3) is 0 Å². The summed E-state index contributed by atoms with van der Waals surface area (Å²) in [6.45, 7) is 2.24. The number of aryl methyl sites for hydroxylation is 2. The van der Waals surface area contributed by atoms with Crippen LogP contribution >= 0.6 is 0 Å². The van der Waals surface area contributed by atoms with E-state index in [-0.39, 0.29) is 0 Å². The third-order valence-corrected chi connectivity index (χ3v) is 6.50. The largest absolute Gasteiger partial charge is 0.0850 e. The Morgan fingerprint density at radius 3 is 2.86 bits per heavy atom. The summed E-state index contributed by atoms with van der Waals surface area (Å²) in [5, 5.41) is 2.90. The Balaban J connectivity index is 1.62. The average molecular weight is 274 g/mol. The van der Waals surface area contributed by atoms with E-state index in [4.69, 9.17) is 0 Å². The zero-order chi connectivity index (χ0) is 14.0. The third-order valence-electron chi connectivity index (χ3n) is 6.50. The predicted molar refractivity (Wildman–Crippen MR) is 88.6 cm³/mol. The molecule has 1 spiro atoms. The van der Waals surface area contributed by atoms with Gasteiger partial charge in [-0.05, 0) is 84.2 Å². The van der Waals surface area contributed by atoms with Gasteiger partial charge in [0.2, 0.25) is 0 Å². The summed E-state index contributed by atoms with van der Waals surface area (Å²) in [6, 6.07) is 11.7. The number of rotatable bonds is 0. The van der Waals surface area contributed by atoms with Gasteiger partial charge in [-0.3, -0.25) is 0 Å².